The predicted molar refractivity (Wildman–Crippen MR) is 179 cm³/mol. The quantitative estimate of drug-likeness (QED) is 0.182. The monoisotopic (exact) mass is 584 g/mol. The standard InChI is InChI=1S/C39H41FN4/c1-27-9-11-34(12-10-27)44(26-32-14-18-42-39(24-32)36-7-5-6-8-37(36)40)35-15-19-43(20-16-35)25-31-13-17-41-38(23-31)33-21-28(2)30(4)29(3)22-33/h5-14,17-18,21-24,35H,15-16,19-20,25-26H2,1-4H3. The van der Waals surface area contributed by atoms with Gasteiger partial charge in [-0.2, -0.15) is 0 Å². The van der Waals surface area contributed by atoms with Gasteiger partial charge in [0.2, 0.25) is 0 Å². The molecule has 1 fully saturated rings. The van der Waals surface area contributed by atoms with Gasteiger partial charge in [0, 0.05) is 61.4 Å². The Kier molecular flexibility index (Phi) is 8.85. The molecule has 224 valence electrons. The molecule has 1 aliphatic rings. The average molecular weight is 585 g/mol. The molecule has 0 aliphatic carbocycles. The average Bonchev–Trinajstić information content (AvgIpc) is 3.04. The molecule has 0 saturated carbocycles. The summed E-state index contributed by atoms with van der Waals surface area (Å²) in [6.07, 6.45) is 5.90. The second-order valence-electron chi connectivity index (χ2n) is 12.3. The molecular weight excluding hydrogens is 543 g/mol. The molecule has 5 aromatic rings. The zero-order valence-electron chi connectivity index (χ0n) is 26.2. The van der Waals surface area contributed by atoms with E-state index < -0.39 is 0 Å². The molecule has 6 rings (SSSR count). The number of rotatable bonds is 8. The van der Waals surface area contributed by atoms with Crippen molar-refractivity contribution in [1.29, 1.82) is 0 Å². The van der Waals surface area contributed by atoms with E-state index in [1.807, 2.05) is 18.3 Å². The summed E-state index contributed by atoms with van der Waals surface area (Å²) in [6, 6.07) is 29.1. The number of halogens is 1. The van der Waals surface area contributed by atoms with E-state index >= 15 is 0 Å². The van der Waals surface area contributed by atoms with Crippen LogP contribution in [0.15, 0.2) is 97.3 Å². The lowest BCUT2D eigenvalue weighted by Crippen LogP contribution is -2.44. The molecule has 2 aromatic heterocycles. The van der Waals surface area contributed by atoms with E-state index in [9.17, 15) is 4.39 Å². The third-order valence-corrected chi connectivity index (χ3v) is 9.14. The van der Waals surface area contributed by atoms with Crippen LogP contribution in [0.25, 0.3) is 22.5 Å². The van der Waals surface area contributed by atoms with Crippen molar-refractivity contribution in [2.45, 2.75) is 59.7 Å². The molecular formula is C39H41FN4. The number of aromatic nitrogens is 2. The third-order valence-electron chi connectivity index (χ3n) is 9.14. The summed E-state index contributed by atoms with van der Waals surface area (Å²) in [5, 5.41) is 0. The third kappa shape index (κ3) is 6.74. The number of benzene rings is 3. The first kappa shape index (κ1) is 29.7. The number of nitrogens with zero attached hydrogens (tertiary/aromatic N) is 4. The van der Waals surface area contributed by atoms with Crippen LogP contribution in [-0.2, 0) is 13.1 Å². The minimum absolute atomic E-state index is 0.245. The Morgan fingerprint density at radius 3 is 2.09 bits per heavy atom. The number of hydrogen-bond donors (Lipinski definition) is 0. The van der Waals surface area contributed by atoms with Crippen molar-refractivity contribution in [3.63, 3.8) is 0 Å². The van der Waals surface area contributed by atoms with E-state index in [4.69, 9.17) is 4.98 Å². The zero-order chi connectivity index (χ0) is 30.6. The van der Waals surface area contributed by atoms with Crippen LogP contribution in [0.4, 0.5) is 10.1 Å². The molecule has 0 spiro atoms. The molecule has 0 N–H and O–H groups in total. The van der Waals surface area contributed by atoms with Crippen LogP contribution in [0.5, 0.6) is 0 Å². The molecule has 0 unspecified atom stereocenters. The fraction of sp³-hybridized carbons (Fsp3) is 0.282. The molecule has 0 radical (unpaired) electrons. The lowest BCUT2D eigenvalue weighted by Gasteiger charge is -2.40. The van der Waals surface area contributed by atoms with Crippen LogP contribution >= 0.6 is 0 Å². The van der Waals surface area contributed by atoms with Crippen molar-refractivity contribution in [3.8, 4) is 22.5 Å². The zero-order valence-corrected chi connectivity index (χ0v) is 26.2. The first-order valence-electron chi connectivity index (χ1n) is 15.6. The van der Waals surface area contributed by atoms with Gasteiger partial charge in [-0.1, -0.05) is 29.8 Å². The number of aryl methyl sites for hydroxylation is 3. The maximum atomic E-state index is 14.6. The largest absolute Gasteiger partial charge is 0.364 e. The Balaban J connectivity index is 1.17. The minimum atomic E-state index is -0.245. The van der Waals surface area contributed by atoms with Crippen LogP contribution in [0, 0.1) is 33.5 Å². The van der Waals surface area contributed by atoms with Gasteiger partial charge in [-0.15, -0.1) is 0 Å². The highest BCUT2D eigenvalue weighted by Gasteiger charge is 2.26. The first-order chi connectivity index (χ1) is 21.3. The van der Waals surface area contributed by atoms with Crippen molar-refractivity contribution < 1.29 is 4.39 Å². The van der Waals surface area contributed by atoms with Crippen molar-refractivity contribution in [2.24, 2.45) is 0 Å². The van der Waals surface area contributed by atoms with Gasteiger partial charge in [0.15, 0.2) is 0 Å². The molecule has 1 saturated heterocycles. The fourth-order valence-electron chi connectivity index (χ4n) is 6.31. The highest BCUT2D eigenvalue weighted by molar-refractivity contribution is 5.63. The lowest BCUT2D eigenvalue weighted by molar-refractivity contribution is 0.201. The molecule has 3 aromatic carbocycles. The Labute approximate surface area is 261 Å². The summed E-state index contributed by atoms with van der Waals surface area (Å²) in [6.45, 7) is 12.4. The minimum Gasteiger partial charge on any atom is -0.364 e. The molecule has 4 nitrogen and oxygen atoms in total. The Morgan fingerprint density at radius 2 is 1.39 bits per heavy atom. The van der Waals surface area contributed by atoms with Gasteiger partial charge in [-0.05, 0) is 129 Å². The molecule has 44 heavy (non-hydrogen) atoms. The maximum absolute atomic E-state index is 14.6. The van der Waals surface area contributed by atoms with E-state index in [-0.39, 0.29) is 5.82 Å². The molecule has 0 bridgehead atoms. The van der Waals surface area contributed by atoms with Gasteiger partial charge >= 0.3 is 0 Å². The summed E-state index contributed by atoms with van der Waals surface area (Å²) in [5.74, 6) is -0.245. The summed E-state index contributed by atoms with van der Waals surface area (Å²) in [4.78, 5) is 14.3. The fourth-order valence-corrected chi connectivity index (χ4v) is 6.31. The smallest absolute Gasteiger partial charge is 0.132 e. The van der Waals surface area contributed by atoms with Gasteiger partial charge in [0.1, 0.15) is 5.82 Å². The Hall–Kier alpha value is -4.35. The van der Waals surface area contributed by atoms with Gasteiger partial charge in [-0.25, -0.2) is 4.39 Å². The lowest BCUT2D eigenvalue weighted by atomic mass is 9.98. The number of pyridine rings is 2. The molecule has 5 heteroatoms. The van der Waals surface area contributed by atoms with Crippen LogP contribution < -0.4 is 4.90 Å². The number of hydrogen-bond acceptors (Lipinski definition) is 4. The van der Waals surface area contributed by atoms with Gasteiger partial charge < -0.3 is 4.90 Å². The normalized spacial score (nSPS) is 14.1. The number of anilines is 1. The van der Waals surface area contributed by atoms with Crippen LogP contribution in [0.3, 0.4) is 0 Å². The first-order valence-corrected chi connectivity index (χ1v) is 15.6. The van der Waals surface area contributed by atoms with Crippen molar-refractivity contribution >= 4 is 5.69 Å². The summed E-state index contributed by atoms with van der Waals surface area (Å²) < 4.78 is 14.6. The van der Waals surface area contributed by atoms with E-state index in [1.54, 1.807) is 18.3 Å². The molecule has 0 amide bonds. The predicted octanol–water partition coefficient (Wildman–Crippen LogP) is 8.85. The number of likely N-dealkylation sites (tertiary alicyclic amines) is 1. The van der Waals surface area contributed by atoms with E-state index in [0.29, 0.717) is 17.3 Å². The summed E-state index contributed by atoms with van der Waals surface area (Å²) >= 11 is 0. The van der Waals surface area contributed by atoms with E-state index in [1.165, 1.54) is 45.1 Å². The van der Waals surface area contributed by atoms with Crippen LogP contribution in [0.2, 0.25) is 0 Å². The molecule has 0 atom stereocenters. The SMILES string of the molecule is Cc1ccc(N(Cc2ccnc(-c3ccccc3F)c2)C2CCN(Cc3ccnc(-c4cc(C)c(C)c(C)c4)c3)CC2)cc1. The van der Waals surface area contributed by atoms with E-state index in [0.717, 1.165) is 50.3 Å². The second-order valence-corrected chi connectivity index (χ2v) is 12.3. The Bertz CT molecular complexity index is 1720. The topological polar surface area (TPSA) is 32.3 Å². The molecule has 3 heterocycles. The van der Waals surface area contributed by atoms with E-state index in [2.05, 4.69) is 97.1 Å². The molecule has 1 aliphatic heterocycles. The van der Waals surface area contributed by atoms with Crippen LogP contribution in [-0.4, -0.2) is 34.0 Å². The van der Waals surface area contributed by atoms with Gasteiger partial charge in [0.05, 0.1) is 11.4 Å². The maximum Gasteiger partial charge on any atom is 0.132 e. The Morgan fingerprint density at radius 1 is 0.750 bits per heavy atom. The van der Waals surface area contributed by atoms with Crippen molar-refractivity contribution in [2.75, 3.05) is 18.0 Å². The van der Waals surface area contributed by atoms with Gasteiger partial charge in [-0.3, -0.25) is 14.9 Å². The second kappa shape index (κ2) is 13.1. The van der Waals surface area contributed by atoms with Gasteiger partial charge in [0.25, 0.3) is 0 Å². The highest BCUT2D eigenvalue weighted by atomic mass is 19.1. The summed E-state index contributed by atoms with van der Waals surface area (Å²) in [7, 11) is 0. The number of piperidine rings is 1. The van der Waals surface area contributed by atoms with Crippen LogP contribution in [0.1, 0.15) is 46.2 Å². The van der Waals surface area contributed by atoms with Crippen molar-refractivity contribution in [3.05, 3.63) is 137 Å². The van der Waals surface area contributed by atoms with Crippen molar-refractivity contribution in [1.82, 2.24) is 14.9 Å². The highest BCUT2D eigenvalue weighted by Crippen LogP contribution is 2.29. The summed E-state index contributed by atoms with van der Waals surface area (Å²) in [5.41, 5.74) is 12.3.